The van der Waals surface area contributed by atoms with Gasteiger partial charge in [-0.1, -0.05) is 36.8 Å². The van der Waals surface area contributed by atoms with Gasteiger partial charge in [0.15, 0.2) is 0 Å². The largest absolute Gasteiger partial charge is 0.387 e. The van der Waals surface area contributed by atoms with E-state index in [2.05, 4.69) is 36.2 Å². The first-order valence-corrected chi connectivity index (χ1v) is 7.50. The average Bonchev–Trinajstić information content (AvgIpc) is 2.45. The quantitative estimate of drug-likeness (QED) is 0.832. The third kappa shape index (κ3) is 4.08. The predicted octanol–water partition coefficient (Wildman–Crippen LogP) is 4.13. The molecule has 100 valence electrons. The maximum Gasteiger partial charge on any atom is 0.0957 e. The second-order valence-corrected chi connectivity index (χ2v) is 5.67. The maximum atomic E-state index is 9.69. The summed E-state index contributed by atoms with van der Waals surface area (Å²) in [7, 11) is 0. The van der Waals surface area contributed by atoms with Crippen molar-refractivity contribution in [3.8, 4) is 0 Å². The Kier molecular flexibility index (Phi) is 5.00. The Hall–Kier alpha value is -1.32. The summed E-state index contributed by atoms with van der Waals surface area (Å²) in [5.41, 5.74) is 3.36. The fourth-order valence-electron chi connectivity index (χ4n) is 1.85. The van der Waals surface area contributed by atoms with Crippen molar-refractivity contribution in [1.29, 1.82) is 0 Å². The Bertz CT molecular complexity index is 525. The van der Waals surface area contributed by atoms with Gasteiger partial charge in [-0.25, -0.2) is 0 Å². The predicted molar refractivity (Wildman–Crippen MR) is 80.2 cm³/mol. The molecule has 0 amide bonds. The second-order valence-electron chi connectivity index (χ2n) is 4.62. The van der Waals surface area contributed by atoms with E-state index in [1.807, 2.05) is 25.3 Å². The number of hydrogen-bond donors (Lipinski definition) is 1. The van der Waals surface area contributed by atoms with Crippen LogP contribution in [0, 0.1) is 6.92 Å². The Morgan fingerprint density at radius 1 is 1.26 bits per heavy atom. The van der Waals surface area contributed by atoms with Gasteiger partial charge in [-0.15, -0.1) is 11.8 Å². The highest BCUT2D eigenvalue weighted by Gasteiger charge is 2.06. The van der Waals surface area contributed by atoms with E-state index in [0.717, 1.165) is 16.3 Å². The zero-order valence-electron chi connectivity index (χ0n) is 11.3. The van der Waals surface area contributed by atoms with Gasteiger partial charge in [-0.2, -0.15) is 0 Å². The van der Waals surface area contributed by atoms with Gasteiger partial charge in [0.25, 0.3) is 0 Å². The molecular weight excluding hydrogens is 254 g/mol. The van der Waals surface area contributed by atoms with Crippen LogP contribution in [0.25, 0.3) is 0 Å². The summed E-state index contributed by atoms with van der Waals surface area (Å²) in [4.78, 5) is 5.44. The van der Waals surface area contributed by atoms with E-state index in [0.29, 0.717) is 6.42 Å². The molecule has 0 aliphatic carbocycles. The topological polar surface area (TPSA) is 33.1 Å². The first-order valence-electron chi connectivity index (χ1n) is 6.51. The fraction of sp³-hybridized carbons (Fsp3) is 0.312. The van der Waals surface area contributed by atoms with E-state index in [1.54, 1.807) is 11.8 Å². The summed E-state index contributed by atoms with van der Waals surface area (Å²) < 4.78 is 0. The molecule has 0 radical (unpaired) electrons. The number of aromatic nitrogens is 1. The molecule has 0 saturated carbocycles. The zero-order chi connectivity index (χ0) is 13.7. The minimum atomic E-state index is -0.448. The number of rotatable bonds is 5. The van der Waals surface area contributed by atoms with Crippen molar-refractivity contribution in [2.24, 2.45) is 0 Å². The van der Waals surface area contributed by atoms with E-state index in [9.17, 15) is 5.11 Å². The molecule has 2 nitrogen and oxygen atoms in total. The summed E-state index contributed by atoms with van der Waals surface area (Å²) in [6, 6.07) is 12.5. The van der Waals surface area contributed by atoms with Gasteiger partial charge in [0.05, 0.1) is 11.8 Å². The molecule has 3 heteroatoms. The Balaban J connectivity index is 1.96. The summed E-state index contributed by atoms with van der Waals surface area (Å²) >= 11 is 1.77. The number of pyridine rings is 1. The third-order valence-electron chi connectivity index (χ3n) is 2.98. The van der Waals surface area contributed by atoms with Crippen LogP contribution in [-0.4, -0.2) is 10.1 Å². The van der Waals surface area contributed by atoms with Gasteiger partial charge < -0.3 is 5.11 Å². The summed E-state index contributed by atoms with van der Waals surface area (Å²) in [5, 5.41) is 9.69. The molecule has 1 aromatic heterocycles. The Morgan fingerprint density at radius 3 is 2.74 bits per heavy atom. The number of nitrogens with zero attached hydrogens (tertiary/aromatic N) is 1. The molecule has 19 heavy (non-hydrogen) atoms. The molecule has 1 atom stereocenters. The molecule has 0 saturated heterocycles. The van der Waals surface area contributed by atoms with Gasteiger partial charge in [-0.3, -0.25) is 4.98 Å². The van der Waals surface area contributed by atoms with Crippen LogP contribution in [0.1, 0.15) is 36.3 Å². The van der Waals surface area contributed by atoms with Gasteiger partial charge in [0.2, 0.25) is 0 Å². The number of aliphatic hydroxyl groups excluding tert-OH is 1. The monoisotopic (exact) mass is 273 g/mol. The van der Waals surface area contributed by atoms with E-state index in [-0.39, 0.29) is 0 Å². The number of hydrogen-bond acceptors (Lipinski definition) is 3. The number of aliphatic hydroxyl groups is 1. The summed E-state index contributed by atoms with van der Waals surface area (Å²) in [6.07, 6.45) is 2.09. The van der Waals surface area contributed by atoms with Gasteiger partial charge in [0.1, 0.15) is 0 Å². The van der Waals surface area contributed by atoms with E-state index >= 15 is 0 Å². The van der Waals surface area contributed by atoms with Crippen molar-refractivity contribution >= 4 is 11.8 Å². The minimum absolute atomic E-state index is 0.448. The molecule has 0 aliphatic rings. The van der Waals surface area contributed by atoms with Crippen LogP contribution in [0.5, 0.6) is 0 Å². The first-order chi connectivity index (χ1) is 9.19. The molecule has 1 unspecified atom stereocenters. The molecule has 1 aromatic carbocycles. The Labute approximate surface area is 118 Å². The molecule has 0 fully saturated rings. The van der Waals surface area contributed by atoms with Crippen molar-refractivity contribution in [2.75, 3.05) is 0 Å². The van der Waals surface area contributed by atoms with Crippen LogP contribution in [0.3, 0.4) is 0 Å². The standard InChI is InChI=1S/C16H19NOS/c1-3-16(18)15-8-7-14(10-17-15)19-11-13-6-4-5-12(2)9-13/h4-10,16,18H,3,11H2,1-2H3. The number of benzene rings is 1. The van der Waals surface area contributed by atoms with Gasteiger partial charge in [0, 0.05) is 16.8 Å². The maximum absolute atomic E-state index is 9.69. The van der Waals surface area contributed by atoms with Gasteiger partial charge in [-0.05, 0) is 31.0 Å². The lowest BCUT2D eigenvalue weighted by Crippen LogP contribution is -1.97. The fourth-order valence-corrected chi connectivity index (χ4v) is 2.66. The van der Waals surface area contributed by atoms with Crippen LogP contribution in [0.15, 0.2) is 47.5 Å². The molecule has 0 spiro atoms. The van der Waals surface area contributed by atoms with Gasteiger partial charge >= 0.3 is 0 Å². The SMILES string of the molecule is CCC(O)c1ccc(SCc2cccc(C)c2)cn1. The molecule has 2 rings (SSSR count). The van der Waals surface area contributed by atoms with Crippen LogP contribution in [-0.2, 0) is 5.75 Å². The lowest BCUT2D eigenvalue weighted by molar-refractivity contribution is 0.169. The van der Waals surface area contributed by atoms with Crippen LogP contribution >= 0.6 is 11.8 Å². The lowest BCUT2D eigenvalue weighted by Gasteiger charge is -2.08. The molecular formula is C16H19NOS. The Morgan fingerprint density at radius 2 is 2.11 bits per heavy atom. The second kappa shape index (κ2) is 6.73. The third-order valence-corrected chi connectivity index (χ3v) is 4.03. The number of thioether (sulfide) groups is 1. The molecule has 1 heterocycles. The van der Waals surface area contributed by atoms with Crippen LogP contribution in [0.4, 0.5) is 0 Å². The highest BCUT2D eigenvalue weighted by molar-refractivity contribution is 7.98. The molecule has 0 bridgehead atoms. The highest BCUT2D eigenvalue weighted by Crippen LogP contribution is 2.24. The van der Waals surface area contributed by atoms with Crippen molar-refractivity contribution in [3.05, 3.63) is 59.4 Å². The van der Waals surface area contributed by atoms with Crippen molar-refractivity contribution < 1.29 is 5.11 Å². The smallest absolute Gasteiger partial charge is 0.0957 e. The van der Waals surface area contributed by atoms with Crippen molar-refractivity contribution in [1.82, 2.24) is 4.98 Å². The van der Waals surface area contributed by atoms with Crippen LogP contribution < -0.4 is 0 Å². The summed E-state index contributed by atoms with van der Waals surface area (Å²) in [5.74, 6) is 0.943. The average molecular weight is 273 g/mol. The van der Waals surface area contributed by atoms with E-state index in [4.69, 9.17) is 0 Å². The van der Waals surface area contributed by atoms with Crippen LogP contribution in [0.2, 0.25) is 0 Å². The normalized spacial score (nSPS) is 12.4. The van der Waals surface area contributed by atoms with E-state index < -0.39 is 6.10 Å². The van der Waals surface area contributed by atoms with Crippen molar-refractivity contribution in [3.63, 3.8) is 0 Å². The molecule has 2 aromatic rings. The van der Waals surface area contributed by atoms with Crippen molar-refractivity contribution in [2.45, 2.75) is 37.0 Å². The zero-order valence-corrected chi connectivity index (χ0v) is 12.2. The molecule has 1 N–H and O–H groups in total. The summed E-state index contributed by atoms with van der Waals surface area (Å²) in [6.45, 7) is 4.06. The number of aryl methyl sites for hydroxylation is 1. The molecule has 0 aliphatic heterocycles. The minimum Gasteiger partial charge on any atom is -0.387 e. The van der Waals surface area contributed by atoms with E-state index in [1.165, 1.54) is 11.1 Å². The lowest BCUT2D eigenvalue weighted by atomic mass is 10.2. The highest BCUT2D eigenvalue weighted by atomic mass is 32.2. The first kappa shape index (κ1) is 14.1.